The van der Waals surface area contributed by atoms with E-state index in [4.69, 9.17) is 10.9 Å². The van der Waals surface area contributed by atoms with Crippen LogP contribution >= 0.6 is 11.8 Å². The first-order valence-electron chi connectivity index (χ1n) is 6.37. The minimum absolute atomic E-state index is 0.138. The highest BCUT2D eigenvalue weighted by Crippen LogP contribution is 2.26. The van der Waals surface area contributed by atoms with Gasteiger partial charge in [0.2, 0.25) is 0 Å². The fourth-order valence-electron chi connectivity index (χ4n) is 1.95. The van der Waals surface area contributed by atoms with Gasteiger partial charge in [0.25, 0.3) is 0 Å². The van der Waals surface area contributed by atoms with Crippen LogP contribution in [0.25, 0.3) is 0 Å². The van der Waals surface area contributed by atoms with Gasteiger partial charge in [0.1, 0.15) is 0 Å². The summed E-state index contributed by atoms with van der Waals surface area (Å²) in [6.45, 7) is 4.24. The van der Waals surface area contributed by atoms with Gasteiger partial charge in [0.15, 0.2) is 5.84 Å². The minimum atomic E-state index is 0.138. The summed E-state index contributed by atoms with van der Waals surface area (Å²) in [6, 6.07) is 14.2. The van der Waals surface area contributed by atoms with Gasteiger partial charge >= 0.3 is 0 Å². The molecule has 0 saturated heterocycles. The molecular weight excluding hydrogens is 268 g/mol. The van der Waals surface area contributed by atoms with E-state index in [0.717, 1.165) is 11.3 Å². The molecule has 0 unspecified atom stereocenters. The van der Waals surface area contributed by atoms with Crippen LogP contribution in [0.2, 0.25) is 0 Å². The number of amidine groups is 1. The van der Waals surface area contributed by atoms with Crippen LogP contribution in [0.1, 0.15) is 22.3 Å². The summed E-state index contributed by atoms with van der Waals surface area (Å²) in [5, 5.41) is 11.6. The van der Waals surface area contributed by atoms with E-state index in [1.165, 1.54) is 21.6 Å². The van der Waals surface area contributed by atoms with Crippen LogP contribution in [0.5, 0.6) is 0 Å². The molecule has 0 aromatic heterocycles. The van der Waals surface area contributed by atoms with E-state index in [0.29, 0.717) is 0 Å². The Morgan fingerprint density at radius 2 is 1.85 bits per heavy atom. The smallest absolute Gasteiger partial charge is 0.170 e. The molecule has 0 bridgehead atoms. The molecule has 0 fully saturated rings. The van der Waals surface area contributed by atoms with Crippen molar-refractivity contribution >= 4 is 17.6 Å². The fraction of sp³-hybridized carbons (Fsp3) is 0.188. The van der Waals surface area contributed by atoms with Gasteiger partial charge in [-0.1, -0.05) is 47.1 Å². The first-order chi connectivity index (χ1) is 9.60. The van der Waals surface area contributed by atoms with Crippen molar-refractivity contribution in [2.24, 2.45) is 10.9 Å². The van der Waals surface area contributed by atoms with E-state index in [-0.39, 0.29) is 5.84 Å². The average molecular weight is 286 g/mol. The number of rotatable bonds is 4. The molecule has 0 radical (unpaired) electrons. The zero-order chi connectivity index (χ0) is 14.5. The summed E-state index contributed by atoms with van der Waals surface area (Å²) >= 11 is 1.82. The van der Waals surface area contributed by atoms with Gasteiger partial charge in [-0.2, -0.15) is 0 Å². The van der Waals surface area contributed by atoms with E-state index in [2.05, 4.69) is 37.2 Å². The number of benzene rings is 2. The highest BCUT2D eigenvalue weighted by atomic mass is 32.2. The number of aryl methyl sites for hydroxylation is 2. The molecule has 0 saturated carbocycles. The molecule has 104 valence electrons. The normalized spacial score (nSPS) is 11.6. The predicted molar refractivity (Wildman–Crippen MR) is 84.4 cm³/mol. The summed E-state index contributed by atoms with van der Waals surface area (Å²) in [6.07, 6.45) is 0. The highest BCUT2D eigenvalue weighted by Gasteiger charge is 2.02. The lowest BCUT2D eigenvalue weighted by molar-refractivity contribution is 0.318. The number of nitrogens with zero attached hydrogens (tertiary/aromatic N) is 1. The number of oxime groups is 1. The summed E-state index contributed by atoms with van der Waals surface area (Å²) < 4.78 is 0. The number of thioether (sulfide) groups is 1. The Labute approximate surface area is 123 Å². The van der Waals surface area contributed by atoms with Crippen molar-refractivity contribution in [1.82, 2.24) is 0 Å². The van der Waals surface area contributed by atoms with Crippen molar-refractivity contribution in [3.63, 3.8) is 0 Å². The van der Waals surface area contributed by atoms with Crippen LogP contribution in [-0.2, 0) is 5.75 Å². The largest absolute Gasteiger partial charge is 0.409 e. The molecule has 2 aromatic carbocycles. The van der Waals surface area contributed by atoms with Crippen LogP contribution in [0, 0.1) is 13.8 Å². The van der Waals surface area contributed by atoms with Gasteiger partial charge in [-0.15, -0.1) is 11.8 Å². The minimum Gasteiger partial charge on any atom is -0.409 e. The van der Waals surface area contributed by atoms with E-state index >= 15 is 0 Å². The molecule has 0 amide bonds. The molecule has 3 nitrogen and oxygen atoms in total. The van der Waals surface area contributed by atoms with Gasteiger partial charge in [0.05, 0.1) is 0 Å². The van der Waals surface area contributed by atoms with Crippen LogP contribution in [0.15, 0.2) is 52.5 Å². The molecule has 0 spiro atoms. The Balaban J connectivity index is 2.04. The maximum atomic E-state index is 8.62. The van der Waals surface area contributed by atoms with Gasteiger partial charge in [-0.05, 0) is 31.0 Å². The van der Waals surface area contributed by atoms with E-state index < -0.39 is 0 Å². The second-order valence-electron chi connectivity index (χ2n) is 4.74. The van der Waals surface area contributed by atoms with E-state index in [1.54, 1.807) is 0 Å². The SMILES string of the molecule is Cc1ccc(SCc2ccc(/C(N)=N/O)cc2)c(C)c1. The molecule has 20 heavy (non-hydrogen) atoms. The van der Waals surface area contributed by atoms with Gasteiger partial charge in [0, 0.05) is 16.2 Å². The van der Waals surface area contributed by atoms with Crippen LogP contribution in [0.4, 0.5) is 0 Å². The monoisotopic (exact) mass is 286 g/mol. The van der Waals surface area contributed by atoms with Crippen LogP contribution in [-0.4, -0.2) is 11.0 Å². The summed E-state index contributed by atoms with van der Waals surface area (Å²) in [5.41, 5.74) is 10.1. The summed E-state index contributed by atoms with van der Waals surface area (Å²) in [7, 11) is 0. The first-order valence-corrected chi connectivity index (χ1v) is 7.35. The van der Waals surface area contributed by atoms with E-state index in [1.807, 2.05) is 36.0 Å². The lowest BCUT2D eigenvalue weighted by atomic mass is 10.1. The Morgan fingerprint density at radius 3 is 2.45 bits per heavy atom. The van der Waals surface area contributed by atoms with Crippen molar-refractivity contribution in [2.45, 2.75) is 24.5 Å². The number of hydrogen-bond donors (Lipinski definition) is 2. The van der Waals surface area contributed by atoms with Crippen LogP contribution in [0.3, 0.4) is 0 Å². The van der Waals surface area contributed by atoms with Crippen molar-refractivity contribution in [3.8, 4) is 0 Å². The van der Waals surface area contributed by atoms with E-state index in [9.17, 15) is 0 Å². The lowest BCUT2D eigenvalue weighted by Crippen LogP contribution is -2.12. The maximum Gasteiger partial charge on any atom is 0.170 e. The Kier molecular flexibility index (Phi) is 4.69. The molecule has 3 N–H and O–H groups in total. The molecule has 0 atom stereocenters. The van der Waals surface area contributed by atoms with Crippen molar-refractivity contribution < 1.29 is 5.21 Å². The molecule has 2 aromatic rings. The quantitative estimate of drug-likeness (QED) is 0.296. The van der Waals surface area contributed by atoms with Crippen LogP contribution < -0.4 is 5.73 Å². The summed E-state index contributed by atoms with van der Waals surface area (Å²) in [4.78, 5) is 1.30. The number of nitrogens with two attached hydrogens (primary N) is 1. The third kappa shape index (κ3) is 3.54. The topological polar surface area (TPSA) is 58.6 Å². The third-order valence-corrected chi connectivity index (χ3v) is 4.33. The fourth-order valence-corrected chi connectivity index (χ4v) is 2.92. The van der Waals surface area contributed by atoms with Gasteiger partial charge < -0.3 is 10.9 Å². The van der Waals surface area contributed by atoms with Crippen molar-refractivity contribution in [1.29, 1.82) is 0 Å². The van der Waals surface area contributed by atoms with Gasteiger partial charge in [-0.3, -0.25) is 0 Å². The molecular formula is C16H18N2OS. The molecule has 0 heterocycles. The third-order valence-electron chi connectivity index (χ3n) is 3.08. The molecule has 0 aliphatic heterocycles. The molecule has 2 rings (SSSR count). The zero-order valence-electron chi connectivity index (χ0n) is 11.6. The zero-order valence-corrected chi connectivity index (χ0v) is 12.4. The lowest BCUT2D eigenvalue weighted by Gasteiger charge is -2.07. The van der Waals surface area contributed by atoms with Crippen molar-refractivity contribution in [2.75, 3.05) is 0 Å². The number of hydrogen-bond acceptors (Lipinski definition) is 3. The average Bonchev–Trinajstić information content (AvgIpc) is 2.46. The standard InChI is InChI=1S/C16H18N2OS/c1-11-3-8-15(12(2)9-11)20-10-13-4-6-14(7-5-13)16(17)18-19/h3-9,19H,10H2,1-2H3,(H2,17,18). The predicted octanol–water partition coefficient (Wildman–Crippen LogP) is 3.69. The maximum absolute atomic E-state index is 8.62. The second-order valence-corrected chi connectivity index (χ2v) is 5.76. The Morgan fingerprint density at radius 1 is 1.15 bits per heavy atom. The second kappa shape index (κ2) is 6.48. The molecule has 4 heteroatoms. The molecule has 0 aliphatic carbocycles. The Bertz CT molecular complexity index is 621. The van der Waals surface area contributed by atoms with Gasteiger partial charge in [-0.25, -0.2) is 0 Å². The highest BCUT2D eigenvalue weighted by molar-refractivity contribution is 7.98. The first kappa shape index (κ1) is 14.5. The Hall–Kier alpha value is -1.94. The molecule has 0 aliphatic rings. The summed E-state index contributed by atoms with van der Waals surface area (Å²) in [5.74, 6) is 1.04. The van der Waals surface area contributed by atoms with Crippen molar-refractivity contribution in [3.05, 3.63) is 64.7 Å².